The van der Waals surface area contributed by atoms with E-state index in [1.807, 2.05) is 6.08 Å². The maximum absolute atomic E-state index is 3.69. The maximum atomic E-state index is 3.69. The Bertz CT molecular complexity index is 207. The summed E-state index contributed by atoms with van der Waals surface area (Å²) in [5.41, 5.74) is 1.43. The van der Waals surface area contributed by atoms with Crippen molar-refractivity contribution in [2.75, 3.05) is 0 Å². The number of rotatable bonds is 4. The van der Waals surface area contributed by atoms with Gasteiger partial charge in [-0.25, -0.2) is 0 Å². The maximum Gasteiger partial charge on any atom is -0.0276 e. The highest BCUT2D eigenvalue weighted by Crippen LogP contribution is 2.03. The van der Waals surface area contributed by atoms with E-state index in [-0.39, 0.29) is 12.3 Å². The lowest BCUT2D eigenvalue weighted by Gasteiger charge is -1.96. The van der Waals surface area contributed by atoms with Gasteiger partial charge in [0.15, 0.2) is 0 Å². The van der Waals surface area contributed by atoms with Crippen molar-refractivity contribution >= 4 is 0 Å². The van der Waals surface area contributed by atoms with Gasteiger partial charge >= 0.3 is 0 Å². The van der Waals surface area contributed by atoms with Crippen LogP contribution in [0.15, 0.2) is 43.0 Å². The van der Waals surface area contributed by atoms with Gasteiger partial charge in [0.1, 0.15) is 0 Å². The Hall–Kier alpha value is -1.12. The van der Waals surface area contributed by atoms with Crippen molar-refractivity contribution in [3.63, 3.8) is 0 Å². The Balaban J connectivity index is 0. The average Bonchev–Trinajstić information content (AvgIpc) is 2.07. The molecule has 0 unspecified atom stereocenters. The number of aryl methyl sites for hydroxylation is 1. The zero-order valence-electron chi connectivity index (χ0n) is 8.21. The molecule has 0 saturated carbocycles. The zero-order chi connectivity index (χ0) is 7.94. The predicted molar refractivity (Wildman–Crippen MR) is 59.6 cm³/mol. The summed E-state index contributed by atoms with van der Waals surface area (Å²) in [6.45, 7) is 3.69. The molecule has 74 valence electrons. The SMILES string of the molecule is C=CCCCc1ccccc1.N.N. The molecule has 1 aromatic carbocycles. The second-order valence-electron chi connectivity index (χ2n) is 2.67. The first-order chi connectivity index (χ1) is 5.43. The van der Waals surface area contributed by atoms with Crippen molar-refractivity contribution in [3.05, 3.63) is 48.6 Å². The number of benzene rings is 1. The smallest absolute Gasteiger partial charge is 0.0276 e. The van der Waals surface area contributed by atoms with Crippen LogP contribution in [0.1, 0.15) is 18.4 Å². The van der Waals surface area contributed by atoms with Gasteiger partial charge in [0, 0.05) is 0 Å². The van der Waals surface area contributed by atoms with E-state index >= 15 is 0 Å². The molecule has 0 atom stereocenters. The Morgan fingerprint density at radius 3 is 2.23 bits per heavy atom. The summed E-state index contributed by atoms with van der Waals surface area (Å²) in [6.07, 6.45) is 5.48. The molecule has 0 aliphatic carbocycles. The largest absolute Gasteiger partial charge is 0.344 e. The molecule has 2 nitrogen and oxygen atoms in total. The first-order valence-corrected chi connectivity index (χ1v) is 4.08. The van der Waals surface area contributed by atoms with E-state index in [9.17, 15) is 0 Å². The van der Waals surface area contributed by atoms with Crippen LogP contribution in [0.4, 0.5) is 0 Å². The monoisotopic (exact) mass is 180 g/mol. The molecule has 0 heterocycles. The van der Waals surface area contributed by atoms with Crippen LogP contribution in [0, 0.1) is 0 Å². The third kappa shape index (κ3) is 6.08. The van der Waals surface area contributed by atoms with Crippen LogP contribution >= 0.6 is 0 Å². The summed E-state index contributed by atoms with van der Waals surface area (Å²) in [4.78, 5) is 0. The van der Waals surface area contributed by atoms with Crippen LogP contribution < -0.4 is 12.3 Å². The molecule has 2 heteroatoms. The fraction of sp³-hybridized carbons (Fsp3) is 0.273. The minimum atomic E-state index is 0. The number of allylic oxidation sites excluding steroid dienone is 1. The van der Waals surface area contributed by atoms with Crippen molar-refractivity contribution < 1.29 is 0 Å². The molecule has 0 aliphatic rings. The predicted octanol–water partition coefficient (Wildman–Crippen LogP) is 3.52. The van der Waals surface area contributed by atoms with Crippen LogP contribution in [-0.4, -0.2) is 0 Å². The summed E-state index contributed by atoms with van der Waals surface area (Å²) in [6, 6.07) is 10.6. The van der Waals surface area contributed by atoms with Crippen molar-refractivity contribution in [3.8, 4) is 0 Å². The van der Waals surface area contributed by atoms with Crippen molar-refractivity contribution in [2.24, 2.45) is 0 Å². The number of unbranched alkanes of at least 4 members (excludes halogenated alkanes) is 1. The minimum Gasteiger partial charge on any atom is -0.344 e. The molecule has 0 fully saturated rings. The zero-order valence-corrected chi connectivity index (χ0v) is 8.21. The first-order valence-electron chi connectivity index (χ1n) is 4.08. The Labute approximate surface area is 80.8 Å². The minimum absolute atomic E-state index is 0. The molecule has 0 saturated heterocycles. The molecule has 13 heavy (non-hydrogen) atoms. The highest BCUT2D eigenvalue weighted by Gasteiger charge is 1.88. The Morgan fingerprint density at radius 1 is 1.08 bits per heavy atom. The Kier molecular flexibility index (Phi) is 9.94. The van der Waals surface area contributed by atoms with Gasteiger partial charge in [0.05, 0.1) is 0 Å². The van der Waals surface area contributed by atoms with E-state index in [0.717, 1.165) is 6.42 Å². The highest BCUT2D eigenvalue weighted by molar-refractivity contribution is 5.14. The van der Waals surface area contributed by atoms with E-state index in [2.05, 4.69) is 36.9 Å². The molecular formula is C11H20N2. The fourth-order valence-corrected chi connectivity index (χ4v) is 1.10. The summed E-state index contributed by atoms with van der Waals surface area (Å²) < 4.78 is 0. The second kappa shape index (κ2) is 8.97. The third-order valence-corrected chi connectivity index (χ3v) is 1.72. The third-order valence-electron chi connectivity index (χ3n) is 1.72. The Morgan fingerprint density at radius 2 is 1.69 bits per heavy atom. The van der Waals surface area contributed by atoms with E-state index in [4.69, 9.17) is 0 Å². The molecule has 0 radical (unpaired) electrons. The van der Waals surface area contributed by atoms with Gasteiger partial charge in [-0.3, -0.25) is 0 Å². The van der Waals surface area contributed by atoms with E-state index in [0.29, 0.717) is 0 Å². The van der Waals surface area contributed by atoms with E-state index in [1.54, 1.807) is 0 Å². The first kappa shape index (κ1) is 14.4. The number of hydrogen-bond donors (Lipinski definition) is 2. The van der Waals surface area contributed by atoms with Crippen LogP contribution in [0.25, 0.3) is 0 Å². The lowest BCUT2D eigenvalue weighted by atomic mass is 10.1. The van der Waals surface area contributed by atoms with Crippen molar-refractivity contribution in [1.29, 1.82) is 0 Å². The number of hydrogen-bond acceptors (Lipinski definition) is 2. The molecule has 0 amide bonds. The molecule has 6 N–H and O–H groups in total. The molecule has 1 rings (SSSR count). The quantitative estimate of drug-likeness (QED) is 0.549. The summed E-state index contributed by atoms with van der Waals surface area (Å²) in [5, 5.41) is 0. The molecule has 1 aromatic rings. The van der Waals surface area contributed by atoms with Gasteiger partial charge in [-0.1, -0.05) is 36.4 Å². The highest BCUT2D eigenvalue weighted by atomic mass is 14.0. The molecular weight excluding hydrogens is 160 g/mol. The standard InChI is InChI=1S/C11H14.2H3N/c1-2-3-5-8-11-9-6-4-7-10-11;;/h2,4,6-7,9-10H,1,3,5,8H2;2*1H3. The van der Waals surface area contributed by atoms with Crippen molar-refractivity contribution in [2.45, 2.75) is 19.3 Å². The lowest BCUT2D eigenvalue weighted by molar-refractivity contribution is 0.844. The van der Waals surface area contributed by atoms with Gasteiger partial charge in [-0.15, -0.1) is 6.58 Å². The lowest BCUT2D eigenvalue weighted by Crippen LogP contribution is -1.82. The summed E-state index contributed by atoms with van der Waals surface area (Å²) in [7, 11) is 0. The van der Waals surface area contributed by atoms with Crippen LogP contribution in [0.5, 0.6) is 0 Å². The molecule has 0 bridgehead atoms. The average molecular weight is 180 g/mol. The van der Waals surface area contributed by atoms with E-state index in [1.165, 1.54) is 18.4 Å². The van der Waals surface area contributed by atoms with Gasteiger partial charge < -0.3 is 12.3 Å². The van der Waals surface area contributed by atoms with Gasteiger partial charge in [0.2, 0.25) is 0 Å². The van der Waals surface area contributed by atoms with Gasteiger partial charge in [-0.05, 0) is 24.8 Å². The summed E-state index contributed by atoms with van der Waals surface area (Å²) >= 11 is 0. The second-order valence-corrected chi connectivity index (χ2v) is 2.67. The van der Waals surface area contributed by atoms with Crippen LogP contribution in [0.2, 0.25) is 0 Å². The van der Waals surface area contributed by atoms with E-state index < -0.39 is 0 Å². The summed E-state index contributed by atoms with van der Waals surface area (Å²) in [5.74, 6) is 0. The van der Waals surface area contributed by atoms with Gasteiger partial charge in [0.25, 0.3) is 0 Å². The van der Waals surface area contributed by atoms with Crippen molar-refractivity contribution in [1.82, 2.24) is 12.3 Å². The van der Waals surface area contributed by atoms with Gasteiger partial charge in [-0.2, -0.15) is 0 Å². The molecule has 0 aliphatic heterocycles. The fourth-order valence-electron chi connectivity index (χ4n) is 1.10. The topological polar surface area (TPSA) is 70.0 Å². The van der Waals surface area contributed by atoms with Crippen LogP contribution in [0.3, 0.4) is 0 Å². The van der Waals surface area contributed by atoms with Crippen LogP contribution in [-0.2, 0) is 6.42 Å². The molecule has 0 spiro atoms. The molecule has 0 aromatic heterocycles. The normalized spacial score (nSPS) is 8.00.